The molecule has 0 fully saturated rings. The van der Waals surface area contributed by atoms with Crippen LogP contribution in [0.15, 0.2) is 72.8 Å². The maximum atomic E-state index is 13.6. The number of halogens is 2. The Morgan fingerprint density at radius 1 is 1.00 bits per heavy atom. The number of carbonyl (C=O) groups excluding carboxylic acids is 2. The van der Waals surface area contributed by atoms with E-state index in [1.54, 1.807) is 23.1 Å². The number of hydrogen-bond donors (Lipinski definition) is 1. The molecule has 3 rings (SSSR count). The summed E-state index contributed by atoms with van der Waals surface area (Å²) in [6.45, 7) is 4.64. The van der Waals surface area contributed by atoms with E-state index in [9.17, 15) is 9.59 Å². The van der Waals surface area contributed by atoms with Crippen molar-refractivity contribution in [3.8, 4) is 5.75 Å². The van der Waals surface area contributed by atoms with Crippen molar-refractivity contribution in [1.29, 1.82) is 0 Å². The van der Waals surface area contributed by atoms with Crippen molar-refractivity contribution in [1.82, 2.24) is 10.2 Å². The third-order valence-corrected chi connectivity index (χ3v) is 6.48. The van der Waals surface area contributed by atoms with Gasteiger partial charge in [0, 0.05) is 24.5 Å². The Morgan fingerprint density at radius 2 is 1.72 bits per heavy atom. The lowest BCUT2D eigenvalue weighted by Crippen LogP contribution is -2.52. The van der Waals surface area contributed by atoms with E-state index in [0.29, 0.717) is 28.8 Å². The molecule has 0 bridgehead atoms. The standard InChI is InChI=1S/C29H32Cl2N2O3/c1-3-4-16-32-29(35)26(17-22-11-6-5-7-12-22)33(19-23-13-9-8-10-21(23)2)28(34)20-36-27-15-14-24(30)18-25(27)31/h5-15,18,26H,3-4,16-17,19-20H2,1-2H3,(H,32,35). The van der Waals surface area contributed by atoms with Crippen molar-refractivity contribution < 1.29 is 14.3 Å². The summed E-state index contributed by atoms with van der Waals surface area (Å²) in [7, 11) is 0. The molecule has 0 aliphatic rings. The molecular weight excluding hydrogens is 495 g/mol. The van der Waals surface area contributed by atoms with Crippen molar-refractivity contribution in [3.63, 3.8) is 0 Å². The SMILES string of the molecule is CCCCNC(=O)C(Cc1ccccc1)N(Cc1ccccc1C)C(=O)COc1ccc(Cl)cc1Cl. The minimum Gasteiger partial charge on any atom is -0.482 e. The quantitative estimate of drug-likeness (QED) is 0.284. The van der Waals surface area contributed by atoms with Crippen LogP contribution < -0.4 is 10.1 Å². The lowest BCUT2D eigenvalue weighted by atomic mass is 10.0. The molecule has 0 aliphatic carbocycles. The summed E-state index contributed by atoms with van der Waals surface area (Å²) in [5.74, 6) is -0.133. The number of hydrogen-bond acceptors (Lipinski definition) is 3. The van der Waals surface area contributed by atoms with Gasteiger partial charge in [-0.25, -0.2) is 0 Å². The van der Waals surface area contributed by atoms with Crippen LogP contribution in [-0.4, -0.2) is 35.9 Å². The normalized spacial score (nSPS) is 11.6. The molecule has 2 amide bonds. The third-order valence-electron chi connectivity index (χ3n) is 5.95. The van der Waals surface area contributed by atoms with E-state index < -0.39 is 6.04 Å². The fourth-order valence-corrected chi connectivity index (χ4v) is 4.31. The highest BCUT2D eigenvalue weighted by Crippen LogP contribution is 2.27. The Morgan fingerprint density at radius 3 is 2.42 bits per heavy atom. The van der Waals surface area contributed by atoms with Gasteiger partial charge in [-0.2, -0.15) is 0 Å². The summed E-state index contributed by atoms with van der Waals surface area (Å²) < 4.78 is 5.77. The molecular formula is C29H32Cl2N2O3. The molecule has 0 saturated heterocycles. The molecule has 1 atom stereocenters. The first-order chi connectivity index (χ1) is 17.4. The van der Waals surface area contributed by atoms with Crippen molar-refractivity contribution in [2.24, 2.45) is 0 Å². The van der Waals surface area contributed by atoms with Crippen LogP contribution in [0, 0.1) is 6.92 Å². The second kappa shape index (κ2) is 13.9. The molecule has 0 heterocycles. The lowest BCUT2D eigenvalue weighted by molar-refractivity contribution is -0.142. The summed E-state index contributed by atoms with van der Waals surface area (Å²) in [5.41, 5.74) is 2.98. The smallest absolute Gasteiger partial charge is 0.261 e. The molecule has 0 radical (unpaired) electrons. The van der Waals surface area contributed by atoms with Gasteiger partial charge in [0.1, 0.15) is 11.8 Å². The van der Waals surface area contributed by atoms with Gasteiger partial charge in [-0.1, -0.05) is 91.1 Å². The maximum absolute atomic E-state index is 13.6. The highest BCUT2D eigenvalue weighted by Gasteiger charge is 2.31. The lowest BCUT2D eigenvalue weighted by Gasteiger charge is -2.32. The van der Waals surface area contributed by atoms with Crippen LogP contribution >= 0.6 is 23.2 Å². The van der Waals surface area contributed by atoms with Crippen molar-refractivity contribution in [3.05, 3.63) is 99.5 Å². The summed E-state index contributed by atoms with van der Waals surface area (Å²) in [4.78, 5) is 28.7. The monoisotopic (exact) mass is 526 g/mol. The van der Waals surface area contributed by atoms with Crippen LogP contribution in [0.25, 0.3) is 0 Å². The van der Waals surface area contributed by atoms with Gasteiger partial charge < -0.3 is 15.0 Å². The highest BCUT2D eigenvalue weighted by atomic mass is 35.5. The van der Waals surface area contributed by atoms with E-state index in [0.717, 1.165) is 29.5 Å². The minimum atomic E-state index is -0.708. The average Bonchev–Trinajstić information content (AvgIpc) is 2.87. The Labute approximate surface area is 223 Å². The van der Waals surface area contributed by atoms with Crippen molar-refractivity contribution in [2.75, 3.05) is 13.2 Å². The van der Waals surface area contributed by atoms with E-state index in [-0.39, 0.29) is 25.0 Å². The van der Waals surface area contributed by atoms with E-state index in [1.165, 1.54) is 0 Å². The van der Waals surface area contributed by atoms with Crippen LogP contribution in [0.4, 0.5) is 0 Å². The predicted octanol–water partition coefficient (Wildman–Crippen LogP) is 6.24. The first kappa shape index (κ1) is 27.6. The van der Waals surface area contributed by atoms with Crippen LogP contribution in [0.3, 0.4) is 0 Å². The Kier molecular flexibility index (Phi) is 10.6. The zero-order chi connectivity index (χ0) is 25.9. The van der Waals surface area contributed by atoms with E-state index in [2.05, 4.69) is 12.2 Å². The van der Waals surface area contributed by atoms with Crippen LogP contribution in [0.1, 0.15) is 36.5 Å². The van der Waals surface area contributed by atoms with Gasteiger partial charge in [0.25, 0.3) is 5.91 Å². The van der Waals surface area contributed by atoms with Gasteiger partial charge in [-0.3, -0.25) is 9.59 Å². The van der Waals surface area contributed by atoms with Gasteiger partial charge in [0.2, 0.25) is 5.91 Å². The van der Waals surface area contributed by atoms with E-state index >= 15 is 0 Å². The molecule has 0 aliphatic heterocycles. The number of nitrogens with one attached hydrogen (secondary N) is 1. The van der Waals surface area contributed by atoms with Crippen LogP contribution in [-0.2, 0) is 22.6 Å². The number of benzene rings is 3. The van der Waals surface area contributed by atoms with Gasteiger partial charge >= 0.3 is 0 Å². The molecule has 5 nitrogen and oxygen atoms in total. The second-order valence-electron chi connectivity index (χ2n) is 8.66. The molecule has 190 valence electrons. The topological polar surface area (TPSA) is 58.6 Å². The zero-order valence-corrected chi connectivity index (χ0v) is 22.2. The number of unbranched alkanes of at least 4 members (excludes halogenated alkanes) is 1. The fraction of sp³-hybridized carbons (Fsp3) is 0.310. The number of rotatable bonds is 12. The van der Waals surface area contributed by atoms with Gasteiger partial charge in [-0.05, 0) is 48.2 Å². The zero-order valence-electron chi connectivity index (χ0n) is 20.7. The molecule has 0 saturated carbocycles. The number of nitrogens with zero attached hydrogens (tertiary/aromatic N) is 1. The van der Waals surface area contributed by atoms with Gasteiger partial charge in [0.15, 0.2) is 6.61 Å². The van der Waals surface area contributed by atoms with Crippen LogP contribution in [0.5, 0.6) is 5.75 Å². The van der Waals surface area contributed by atoms with E-state index in [4.69, 9.17) is 27.9 Å². The Bertz CT molecular complexity index is 1150. The summed E-state index contributed by atoms with van der Waals surface area (Å²) >= 11 is 12.2. The molecule has 1 unspecified atom stereocenters. The predicted molar refractivity (Wildman–Crippen MR) is 146 cm³/mol. The summed E-state index contributed by atoms with van der Waals surface area (Å²) in [6, 6.07) is 21.7. The molecule has 3 aromatic rings. The summed E-state index contributed by atoms with van der Waals surface area (Å²) in [5, 5.41) is 3.82. The number of carbonyl (C=O) groups is 2. The number of ether oxygens (including phenoxy) is 1. The van der Waals surface area contributed by atoms with Crippen molar-refractivity contribution in [2.45, 2.75) is 45.7 Å². The first-order valence-electron chi connectivity index (χ1n) is 12.1. The number of amides is 2. The van der Waals surface area contributed by atoms with Gasteiger partial charge in [0.05, 0.1) is 5.02 Å². The Hall–Kier alpha value is -3.02. The van der Waals surface area contributed by atoms with Crippen LogP contribution in [0.2, 0.25) is 10.0 Å². The average molecular weight is 527 g/mol. The minimum absolute atomic E-state index is 0.182. The molecule has 1 N–H and O–H groups in total. The number of aryl methyl sites for hydroxylation is 1. The third kappa shape index (κ3) is 8.00. The van der Waals surface area contributed by atoms with E-state index in [1.807, 2.05) is 61.5 Å². The highest BCUT2D eigenvalue weighted by molar-refractivity contribution is 6.35. The molecule has 36 heavy (non-hydrogen) atoms. The molecule has 3 aromatic carbocycles. The molecule has 0 spiro atoms. The van der Waals surface area contributed by atoms with Gasteiger partial charge in [-0.15, -0.1) is 0 Å². The second-order valence-corrected chi connectivity index (χ2v) is 9.51. The molecule has 7 heteroatoms. The first-order valence-corrected chi connectivity index (χ1v) is 12.9. The molecule has 0 aromatic heterocycles. The maximum Gasteiger partial charge on any atom is 0.261 e. The largest absolute Gasteiger partial charge is 0.482 e. The van der Waals surface area contributed by atoms with Crippen molar-refractivity contribution >= 4 is 35.0 Å². The summed E-state index contributed by atoms with van der Waals surface area (Å²) in [6.07, 6.45) is 2.22. The fourth-order valence-electron chi connectivity index (χ4n) is 3.85. The Balaban J connectivity index is 1.90.